The van der Waals surface area contributed by atoms with Crippen LogP contribution < -0.4 is 5.32 Å². The van der Waals surface area contributed by atoms with Gasteiger partial charge < -0.3 is 19.4 Å². The van der Waals surface area contributed by atoms with Crippen LogP contribution in [0, 0.1) is 13.8 Å². The van der Waals surface area contributed by atoms with Gasteiger partial charge in [-0.25, -0.2) is 9.97 Å². The molecule has 2 aromatic carbocycles. The normalized spacial score (nSPS) is 12.8. The van der Waals surface area contributed by atoms with Gasteiger partial charge >= 0.3 is 0 Å². The fourth-order valence-corrected chi connectivity index (χ4v) is 4.95. The van der Waals surface area contributed by atoms with Crippen LogP contribution in [-0.4, -0.2) is 34.9 Å². The number of rotatable bonds is 8. The van der Waals surface area contributed by atoms with Gasteiger partial charge in [0.05, 0.1) is 26.4 Å². The predicted octanol–water partition coefficient (Wildman–Crippen LogP) is 5.66. The first-order valence-electron chi connectivity index (χ1n) is 12.5. The van der Waals surface area contributed by atoms with Crippen molar-refractivity contribution in [3.63, 3.8) is 0 Å². The van der Waals surface area contributed by atoms with Gasteiger partial charge in [0.1, 0.15) is 11.3 Å². The lowest BCUT2D eigenvalue weighted by molar-refractivity contribution is 0.0616. The van der Waals surface area contributed by atoms with Crippen LogP contribution >= 0.6 is 0 Å². The molecule has 5 rings (SSSR count). The van der Waals surface area contributed by atoms with Gasteiger partial charge in [-0.1, -0.05) is 31.2 Å². The summed E-state index contributed by atoms with van der Waals surface area (Å²) in [5, 5.41) is 3.67. The van der Waals surface area contributed by atoms with Crippen molar-refractivity contribution in [1.82, 2.24) is 14.5 Å². The van der Waals surface area contributed by atoms with Gasteiger partial charge in [0.25, 0.3) is 0 Å². The molecule has 2 aromatic heterocycles. The van der Waals surface area contributed by atoms with Crippen LogP contribution in [0.1, 0.15) is 46.3 Å². The molecule has 182 valence electrons. The summed E-state index contributed by atoms with van der Waals surface area (Å²) in [5.41, 5.74) is 11.7. The number of nitrogens with one attached hydrogen (secondary N) is 1. The summed E-state index contributed by atoms with van der Waals surface area (Å²) in [6.45, 7) is 8.96. The Labute approximate surface area is 207 Å². The van der Waals surface area contributed by atoms with E-state index in [1.165, 1.54) is 39.2 Å². The molecule has 6 heteroatoms. The Hall–Kier alpha value is -3.22. The van der Waals surface area contributed by atoms with Gasteiger partial charge in [-0.15, -0.1) is 0 Å². The van der Waals surface area contributed by atoms with E-state index in [1.807, 2.05) is 0 Å². The van der Waals surface area contributed by atoms with Gasteiger partial charge in [0.2, 0.25) is 0 Å². The molecule has 6 nitrogen and oxygen atoms in total. The molecule has 3 heterocycles. The maximum Gasteiger partial charge on any atom is 0.160 e. The van der Waals surface area contributed by atoms with E-state index in [0.717, 1.165) is 48.5 Å². The van der Waals surface area contributed by atoms with E-state index < -0.39 is 0 Å². The molecule has 0 saturated carbocycles. The Morgan fingerprint density at radius 2 is 1.63 bits per heavy atom. The largest absolute Gasteiger partial charge is 0.382 e. The number of imidazole rings is 1. The maximum absolute atomic E-state index is 5.72. The number of fused-ring (bicyclic) bond motifs is 3. The van der Waals surface area contributed by atoms with Crippen molar-refractivity contribution in [3.05, 3.63) is 81.8 Å². The molecule has 1 N–H and O–H groups in total. The molecular formula is C29H34N4O2. The van der Waals surface area contributed by atoms with Crippen LogP contribution in [0.15, 0.2) is 42.5 Å². The highest BCUT2D eigenvalue weighted by Crippen LogP contribution is 2.32. The summed E-state index contributed by atoms with van der Waals surface area (Å²) in [7, 11) is 1.69. The second-order valence-electron chi connectivity index (χ2n) is 9.37. The summed E-state index contributed by atoms with van der Waals surface area (Å²) in [5.74, 6) is 1.09. The summed E-state index contributed by atoms with van der Waals surface area (Å²) in [6.07, 6.45) is 2.88. The first kappa shape index (κ1) is 23.5. The molecule has 0 fully saturated rings. The minimum Gasteiger partial charge on any atom is -0.382 e. The van der Waals surface area contributed by atoms with Crippen LogP contribution in [0.25, 0.3) is 11.2 Å². The Bertz CT molecular complexity index is 1360. The van der Waals surface area contributed by atoms with Crippen molar-refractivity contribution < 1.29 is 9.47 Å². The average Bonchev–Trinajstić information content (AvgIpc) is 3.09. The standard InChI is InChI=1S/C29H34N4O2/c1-5-27-32-28-19(2)14-20(3)30-29(28)33(27)17-21-6-10-25-23(15-21)8-9-24-16-22(7-11-26(24)31-25)18-35-13-12-34-4/h6-7,10-11,14-16,31H,5,8-9,12-13,17-18H2,1-4H3. The highest BCUT2D eigenvalue weighted by Gasteiger charge is 2.17. The third-order valence-electron chi connectivity index (χ3n) is 6.73. The van der Waals surface area contributed by atoms with E-state index in [2.05, 4.69) is 73.1 Å². The summed E-state index contributed by atoms with van der Waals surface area (Å²) in [4.78, 5) is 9.75. The van der Waals surface area contributed by atoms with Gasteiger partial charge in [-0.2, -0.15) is 0 Å². The zero-order valence-corrected chi connectivity index (χ0v) is 21.1. The molecule has 1 aliphatic rings. The van der Waals surface area contributed by atoms with Gasteiger partial charge in [0, 0.05) is 30.6 Å². The van der Waals surface area contributed by atoms with Crippen LogP contribution in [0.2, 0.25) is 0 Å². The van der Waals surface area contributed by atoms with Crippen LogP contribution in [0.5, 0.6) is 0 Å². The second kappa shape index (κ2) is 10.2. The maximum atomic E-state index is 5.72. The fourth-order valence-electron chi connectivity index (χ4n) is 4.95. The van der Waals surface area contributed by atoms with Gasteiger partial charge in [-0.05, 0) is 72.7 Å². The monoisotopic (exact) mass is 470 g/mol. The lowest BCUT2D eigenvalue weighted by Crippen LogP contribution is -2.06. The number of ether oxygens (including phenoxy) is 2. The molecule has 0 spiro atoms. The van der Waals surface area contributed by atoms with E-state index in [4.69, 9.17) is 19.4 Å². The lowest BCUT2D eigenvalue weighted by Gasteiger charge is -2.13. The average molecular weight is 471 g/mol. The topological polar surface area (TPSA) is 61.2 Å². The fraction of sp³-hybridized carbons (Fsp3) is 0.379. The number of methoxy groups -OCH3 is 1. The van der Waals surface area contributed by atoms with Crippen molar-refractivity contribution in [1.29, 1.82) is 0 Å². The molecule has 35 heavy (non-hydrogen) atoms. The molecule has 1 aliphatic heterocycles. The minimum atomic E-state index is 0.610. The van der Waals surface area contributed by atoms with Crippen molar-refractivity contribution in [2.24, 2.45) is 0 Å². The molecule has 0 unspecified atom stereocenters. The third-order valence-corrected chi connectivity index (χ3v) is 6.73. The second-order valence-corrected chi connectivity index (χ2v) is 9.37. The van der Waals surface area contributed by atoms with E-state index in [0.29, 0.717) is 19.8 Å². The molecule has 0 amide bonds. The quantitative estimate of drug-likeness (QED) is 0.337. The molecule has 4 aromatic rings. The van der Waals surface area contributed by atoms with Crippen LogP contribution in [0.3, 0.4) is 0 Å². The number of pyridine rings is 1. The lowest BCUT2D eigenvalue weighted by atomic mass is 10.0. The molecule has 0 bridgehead atoms. The van der Waals surface area contributed by atoms with E-state index in [-0.39, 0.29) is 0 Å². The zero-order valence-electron chi connectivity index (χ0n) is 21.1. The third kappa shape index (κ3) is 4.95. The van der Waals surface area contributed by atoms with Crippen molar-refractivity contribution in [2.75, 3.05) is 25.6 Å². The number of anilines is 2. The molecule has 0 saturated heterocycles. The SMILES string of the molecule is CCc1nc2c(C)cc(C)nc2n1Cc1ccc2c(c1)CCc1cc(COCCOC)ccc1N2. The number of nitrogens with zero attached hydrogens (tertiary/aromatic N) is 3. The van der Waals surface area contributed by atoms with E-state index >= 15 is 0 Å². The Kier molecular flexibility index (Phi) is 6.84. The first-order valence-corrected chi connectivity index (χ1v) is 12.5. The van der Waals surface area contributed by atoms with Crippen LogP contribution in [-0.2, 0) is 41.9 Å². The number of benzene rings is 2. The summed E-state index contributed by atoms with van der Waals surface area (Å²) in [6, 6.07) is 15.5. The Morgan fingerprint density at radius 3 is 2.34 bits per heavy atom. The predicted molar refractivity (Wildman–Crippen MR) is 141 cm³/mol. The summed E-state index contributed by atoms with van der Waals surface area (Å²) < 4.78 is 13.1. The zero-order chi connectivity index (χ0) is 24.4. The Morgan fingerprint density at radius 1 is 0.914 bits per heavy atom. The number of aromatic nitrogens is 3. The number of aryl methyl sites for hydroxylation is 5. The molecule has 0 atom stereocenters. The summed E-state index contributed by atoms with van der Waals surface area (Å²) >= 11 is 0. The van der Waals surface area contributed by atoms with Crippen molar-refractivity contribution in [3.8, 4) is 0 Å². The van der Waals surface area contributed by atoms with Gasteiger partial charge in [-0.3, -0.25) is 0 Å². The number of hydrogen-bond donors (Lipinski definition) is 1. The molecular weight excluding hydrogens is 436 g/mol. The molecule has 0 radical (unpaired) electrons. The van der Waals surface area contributed by atoms with Crippen molar-refractivity contribution >= 4 is 22.5 Å². The van der Waals surface area contributed by atoms with Crippen LogP contribution in [0.4, 0.5) is 11.4 Å². The Balaban J connectivity index is 1.37. The number of hydrogen-bond acceptors (Lipinski definition) is 5. The smallest absolute Gasteiger partial charge is 0.160 e. The highest BCUT2D eigenvalue weighted by molar-refractivity contribution is 5.76. The molecule has 0 aliphatic carbocycles. The minimum absolute atomic E-state index is 0.610. The highest BCUT2D eigenvalue weighted by atomic mass is 16.5. The van der Waals surface area contributed by atoms with E-state index in [1.54, 1.807) is 7.11 Å². The van der Waals surface area contributed by atoms with Crippen molar-refractivity contribution in [2.45, 2.75) is 53.2 Å². The van der Waals surface area contributed by atoms with E-state index in [9.17, 15) is 0 Å². The first-order chi connectivity index (χ1) is 17.1. The van der Waals surface area contributed by atoms with Gasteiger partial charge in [0.15, 0.2) is 5.65 Å².